The van der Waals surface area contributed by atoms with Crippen molar-refractivity contribution in [2.75, 3.05) is 7.11 Å². The van der Waals surface area contributed by atoms with E-state index in [0.29, 0.717) is 0 Å². The number of methoxy groups -OCH3 is 1. The van der Waals surface area contributed by atoms with Crippen molar-refractivity contribution in [3.63, 3.8) is 0 Å². The van der Waals surface area contributed by atoms with Crippen molar-refractivity contribution in [3.8, 4) is 5.75 Å². The molecule has 1 aromatic rings. The summed E-state index contributed by atoms with van der Waals surface area (Å²) in [5, 5.41) is 4.31. The topological polar surface area (TPSA) is 65.1 Å². The number of aryl methyl sites for hydroxylation is 1. The molecule has 1 atom stereocenters. The molecule has 0 amide bonds. The van der Waals surface area contributed by atoms with E-state index in [1.165, 1.54) is 25.7 Å². The van der Waals surface area contributed by atoms with Gasteiger partial charge in [0, 0.05) is 6.54 Å². The number of rotatable bonds is 9. The number of unbranched alkanes of at least 4 members (excludes halogenated alkanes) is 3. The Balaban J connectivity index is 2.70. The zero-order valence-corrected chi connectivity index (χ0v) is 11.8. The van der Waals surface area contributed by atoms with Crippen molar-refractivity contribution in [3.05, 3.63) is 11.9 Å². The SMILES string of the molecule is CCCCCCC(NN)c1c(OC)cnn1CC. The molecule has 5 heteroatoms. The Morgan fingerprint density at radius 3 is 2.72 bits per heavy atom. The molecule has 0 aromatic carbocycles. The van der Waals surface area contributed by atoms with E-state index in [9.17, 15) is 0 Å². The summed E-state index contributed by atoms with van der Waals surface area (Å²) in [7, 11) is 1.67. The molecule has 1 aromatic heterocycles. The van der Waals surface area contributed by atoms with E-state index in [2.05, 4.69) is 24.4 Å². The lowest BCUT2D eigenvalue weighted by Gasteiger charge is -2.18. The van der Waals surface area contributed by atoms with Crippen molar-refractivity contribution >= 4 is 0 Å². The van der Waals surface area contributed by atoms with Crippen LogP contribution in [0.4, 0.5) is 0 Å². The fraction of sp³-hybridized carbons (Fsp3) is 0.769. The molecule has 0 fully saturated rings. The minimum absolute atomic E-state index is 0.110. The van der Waals surface area contributed by atoms with Crippen molar-refractivity contribution in [2.45, 2.75) is 58.5 Å². The van der Waals surface area contributed by atoms with Gasteiger partial charge in [0.1, 0.15) is 0 Å². The predicted molar refractivity (Wildman–Crippen MR) is 73.3 cm³/mol. The zero-order valence-electron chi connectivity index (χ0n) is 11.8. The Morgan fingerprint density at radius 1 is 1.39 bits per heavy atom. The maximum atomic E-state index is 5.68. The van der Waals surface area contributed by atoms with Crippen LogP contribution in [0, 0.1) is 0 Å². The number of ether oxygens (including phenoxy) is 1. The Bertz CT molecular complexity index is 316. The van der Waals surface area contributed by atoms with E-state index in [0.717, 1.165) is 24.4 Å². The smallest absolute Gasteiger partial charge is 0.161 e. The first-order valence-corrected chi connectivity index (χ1v) is 6.84. The van der Waals surface area contributed by atoms with Crippen LogP contribution >= 0.6 is 0 Å². The lowest BCUT2D eigenvalue weighted by Crippen LogP contribution is -2.30. The third kappa shape index (κ3) is 3.71. The molecular formula is C13H26N4O. The first-order chi connectivity index (χ1) is 8.78. The summed E-state index contributed by atoms with van der Waals surface area (Å²) in [6.07, 6.45) is 7.71. The quantitative estimate of drug-likeness (QED) is 0.403. The number of hydrazine groups is 1. The first kappa shape index (κ1) is 15.0. The minimum atomic E-state index is 0.110. The van der Waals surface area contributed by atoms with Crippen LogP contribution in [0.15, 0.2) is 6.20 Å². The largest absolute Gasteiger partial charge is 0.493 e. The molecule has 18 heavy (non-hydrogen) atoms. The summed E-state index contributed by atoms with van der Waals surface area (Å²) in [6, 6.07) is 0.110. The number of hydrogen-bond donors (Lipinski definition) is 2. The maximum absolute atomic E-state index is 5.68. The lowest BCUT2D eigenvalue weighted by molar-refractivity contribution is 0.382. The fourth-order valence-electron chi connectivity index (χ4n) is 2.21. The summed E-state index contributed by atoms with van der Waals surface area (Å²) in [4.78, 5) is 0. The molecule has 0 bridgehead atoms. The maximum Gasteiger partial charge on any atom is 0.161 e. The molecular weight excluding hydrogens is 228 g/mol. The standard InChI is InChI=1S/C13H26N4O/c1-4-6-7-8-9-11(16-14)13-12(18-3)10-15-17(13)5-2/h10-11,16H,4-9,14H2,1-3H3. The number of nitrogens with two attached hydrogens (primary N) is 1. The molecule has 0 spiro atoms. The van der Waals surface area contributed by atoms with E-state index >= 15 is 0 Å². The van der Waals surface area contributed by atoms with Gasteiger partial charge in [-0.05, 0) is 13.3 Å². The highest BCUT2D eigenvalue weighted by molar-refractivity contribution is 5.28. The van der Waals surface area contributed by atoms with Crippen LogP contribution in [-0.4, -0.2) is 16.9 Å². The summed E-state index contributed by atoms with van der Waals surface area (Å²) in [6.45, 7) is 5.11. The van der Waals surface area contributed by atoms with E-state index in [-0.39, 0.29) is 6.04 Å². The summed E-state index contributed by atoms with van der Waals surface area (Å²) >= 11 is 0. The minimum Gasteiger partial charge on any atom is -0.493 e. The molecule has 0 aliphatic heterocycles. The second-order valence-corrected chi connectivity index (χ2v) is 4.48. The number of nitrogens with one attached hydrogen (secondary N) is 1. The van der Waals surface area contributed by atoms with Gasteiger partial charge < -0.3 is 4.74 Å². The Kier molecular flexibility index (Phi) is 6.75. The molecule has 1 rings (SSSR count). The van der Waals surface area contributed by atoms with E-state index in [1.54, 1.807) is 13.3 Å². The Labute approximate surface area is 110 Å². The second kappa shape index (κ2) is 8.11. The van der Waals surface area contributed by atoms with Crippen LogP contribution in [0.1, 0.15) is 57.7 Å². The van der Waals surface area contributed by atoms with Crippen LogP contribution in [-0.2, 0) is 6.54 Å². The normalized spacial score (nSPS) is 12.7. The van der Waals surface area contributed by atoms with E-state index < -0.39 is 0 Å². The van der Waals surface area contributed by atoms with Crippen LogP contribution in [0.5, 0.6) is 5.75 Å². The van der Waals surface area contributed by atoms with Crippen molar-refractivity contribution < 1.29 is 4.74 Å². The van der Waals surface area contributed by atoms with Gasteiger partial charge in [-0.25, -0.2) is 0 Å². The molecule has 1 unspecified atom stereocenters. The van der Waals surface area contributed by atoms with E-state index in [4.69, 9.17) is 10.6 Å². The third-order valence-electron chi connectivity index (χ3n) is 3.24. The lowest BCUT2D eigenvalue weighted by atomic mass is 10.0. The van der Waals surface area contributed by atoms with Gasteiger partial charge in [-0.2, -0.15) is 5.10 Å². The van der Waals surface area contributed by atoms with Gasteiger partial charge in [-0.15, -0.1) is 0 Å². The molecule has 0 aliphatic carbocycles. The highest BCUT2D eigenvalue weighted by Crippen LogP contribution is 2.28. The summed E-state index contributed by atoms with van der Waals surface area (Å²) in [5.74, 6) is 6.49. The highest BCUT2D eigenvalue weighted by Gasteiger charge is 2.19. The van der Waals surface area contributed by atoms with Crippen molar-refractivity contribution in [1.29, 1.82) is 0 Å². The average molecular weight is 254 g/mol. The monoisotopic (exact) mass is 254 g/mol. The van der Waals surface area contributed by atoms with Gasteiger partial charge >= 0.3 is 0 Å². The number of hydrogen-bond acceptors (Lipinski definition) is 4. The Hall–Kier alpha value is -1.07. The predicted octanol–water partition coefficient (Wildman–Crippen LogP) is 2.39. The van der Waals surface area contributed by atoms with Crippen LogP contribution in [0.25, 0.3) is 0 Å². The molecule has 0 radical (unpaired) electrons. The summed E-state index contributed by atoms with van der Waals surface area (Å²) in [5.41, 5.74) is 3.94. The molecule has 5 nitrogen and oxygen atoms in total. The van der Waals surface area contributed by atoms with Gasteiger partial charge in [0.15, 0.2) is 5.75 Å². The van der Waals surface area contributed by atoms with Gasteiger partial charge in [0.25, 0.3) is 0 Å². The third-order valence-corrected chi connectivity index (χ3v) is 3.24. The molecule has 0 saturated carbocycles. The van der Waals surface area contributed by atoms with Gasteiger partial charge in [-0.1, -0.05) is 32.6 Å². The highest BCUT2D eigenvalue weighted by atomic mass is 16.5. The zero-order chi connectivity index (χ0) is 13.4. The van der Waals surface area contributed by atoms with Crippen LogP contribution < -0.4 is 16.0 Å². The molecule has 0 saturated heterocycles. The Morgan fingerprint density at radius 2 is 2.17 bits per heavy atom. The molecule has 104 valence electrons. The molecule has 1 heterocycles. The second-order valence-electron chi connectivity index (χ2n) is 4.48. The van der Waals surface area contributed by atoms with E-state index in [1.807, 2.05) is 4.68 Å². The van der Waals surface area contributed by atoms with Crippen LogP contribution in [0.3, 0.4) is 0 Å². The van der Waals surface area contributed by atoms with Gasteiger partial charge in [0.05, 0.1) is 25.0 Å². The first-order valence-electron chi connectivity index (χ1n) is 6.84. The number of aromatic nitrogens is 2. The van der Waals surface area contributed by atoms with Crippen molar-refractivity contribution in [2.24, 2.45) is 5.84 Å². The van der Waals surface area contributed by atoms with Crippen LogP contribution in [0.2, 0.25) is 0 Å². The fourth-order valence-corrected chi connectivity index (χ4v) is 2.21. The number of nitrogens with zero attached hydrogens (tertiary/aromatic N) is 2. The molecule has 3 N–H and O–H groups in total. The summed E-state index contributed by atoms with van der Waals surface area (Å²) < 4.78 is 7.31. The van der Waals surface area contributed by atoms with Gasteiger partial charge in [-0.3, -0.25) is 16.0 Å². The average Bonchev–Trinajstić information content (AvgIpc) is 2.82. The molecule has 0 aliphatic rings. The van der Waals surface area contributed by atoms with Gasteiger partial charge in [0.2, 0.25) is 0 Å². The van der Waals surface area contributed by atoms with Crippen molar-refractivity contribution in [1.82, 2.24) is 15.2 Å².